The zero-order chi connectivity index (χ0) is 21.0. The fourth-order valence-corrected chi connectivity index (χ4v) is 4.34. The molecule has 0 saturated heterocycles. The first-order valence-electron chi connectivity index (χ1n) is 9.10. The lowest BCUT2D eigenvalue weighted by molar-refractivity contribution is 0.171. The van der Waals surface area contributed by atoms with E-state index in [-0.39, 0.29) is 24.0 Å². The van der Waals surface area contributed by atoms with Crippen LogP contribution in [-0.2, 0) is 22.9 Å². The van der Waals surface area contributed by atoms with Gasteiger partial charge in [-0.1, -0.05) is 23.7 Å². The van der Waals surface area contributed by atoms with E-state index in [1.165, 1.54) is 6.26 Å². The van der Waals surface area contributed by atoms with Gasteiger partial charge in [-0.3, -0.25) is 4.99 Å². The highest BCUT2D eigenvalue weighted by Gasteiger charge is 2.17. The Balaban J connectivity index is 0.00000320. The molecule has 0 atom stereocenters. The van der Waals surface area contributed by atoms with E-state index in [9.17, 15) is 8.42 Å². The third kappa shape index (κ3) is 6.14. The molecule has 2 aromatic rings. The molecule has 3 rings (SSSR count). The topological polar surface area (TPSA) is 89.0 Å². The van der Waals surface area contributed by atoms with E-state index in [1.807, 2.05) is 18.2 Å². The summed E-state index contributed by atoms with van der Waals surface area (Å²) >= 11 is 6.28. The second kappa shape index (κ2) is 10.5. The Morgan fingerprint density at radius 1 is 1.10 bits per heavy atom. The first kappa shape index (κ1) is 24.5. The number of nitrogens with one attached hydrogen (secondary N) is 2. The number of ether oxygens (including phenoxy) is 2. The van der Waals surface area contributed by atoms with Gasteiger partial charge < -0.3 is 20.1 Å². The van der Waals surface area contributed by atoms with Gasteiger partial charge in [0.15, 0.2) is 27.3 Å². The number of rotatable bonds is 5. The summed E-state index contributed by atoms with van der Waals surface area (Å²) in [6.07, 6.45) is 1.21. The van der Waals surface area contributed by atoms with Crippen molar-refractivity contribution < 1.29 is 17.9 Å². The average Bonchev–Trinajstić information content (AvgIpc) is 2.67. The maximum absolute atomic E-state index is 11.7. The highest BCUT2D eigenvalue weighted by atomic mass is 127. The lowest BCUT2D eigenvalue weighted by atomic mass is 10.1. The number of nitrogens with zero attached hydrogens (tertiary/aromatic N) is 1. The molecule has 0 amide bonds. The number of aliphatic imine (C=N–C) groups is 1. The summed E-state index contributed by atoms with van der Waals surface area (Å²) < 4.78 is 34.6. The number of halogens is 2. The standard InChI is InChI=1S/C20H24ClN3O4S.HI/c1-13-8-14(4-5-18(13)29(3,25)26)11-23-20(22-2)24-12-15-9-16(21)19-17(10-15)27-6-7-28-19;/h4-5,8-10H,6-7,11-12H2,1-3H3,(H2,22,23,24);1H. The van der Waals surface area contributed by atoms with E-state index in [0.717, 1.165) is 16.7 Å². The molecule has 1 heterocycles. The molecule has 0 unspecified atom stereocenters. The molecule has 0 saturated carbocycles. The predicted molar refractivity (Wildman–Crippen MR) is 129 cm³/mol. The summed E-state index contributed by atoms with van der Waals surface area (Å²) in [5.74, 6) is 1.84. The number of hydrogen-bond acceptors (Lipinski definition) is 5. The van der Waals surface area contributed by atoms with E-state index in [1.54, 1.807) is 26.1 Å². The van der Waals surface area contributed by atoms with Crippen molar-refractivity contribution >= 4 is 51.4 Å². The SMILES string of the molecule is CN=C(NCc1ccc(S(C)(=O)=O)c(C)c1)NCc1cc(Cl)c2c(c1)OCCO2.I. The van der Waals surface area contributed by atoms with Crippen molar-refractivity contribution in [3.8, 4) is 11.5 Å². The van der Waals surface area contributed by atoms with Crippen molar-refractivity contribution in [1.29, 1.82) is 0 Å². The van der Waals surface area contributed by atoms with Crippen LogP contribution in [-0.4, -0.2) is 40.9 Å². The van der Waals surface area contributed by atoms with Gasteiger partial charge in [-0.2, -0.15) is 0 Å². The molecule has 30 heavy (non-hydrogen) atoms. The molecule has 0 spiro atoms. The summed E-state index contributed by atoms with van der Waals surface area (Å²) in [7, 11) is -1.54. The third-order valence-electron chi connectivity index (χ3n) is 4.44. The van der Waals surface area contributed by atoms with Gasteiger partial charge in [-0.15, -0.1) is 24.0 Å². The van der Waals surface area contributed by atoms with Crippen LogP contribution in [0.25, 0.3) is 0 Å². The molecule has 0 bridgehead atoms. The minimum Gasteiger partial charge on any atom is -0.486 e. The number of guanidine groups is 1. The molecular weight excluding hydrogens is 541 g/mol. The molecule has 1 aliphatic rings. The molecule has 0 radical (unpaired) electrons. The lowest BCUT2D eigenvalue weighted by Gasteiger charge is -2.20. The zero-order valence-electron chi connectivity index (χ0n) is 17.0. The van der Waals surface area contributed by atoms with Crippen molar-refractivity contribution in [1.82, 2.24) is 10.6 Å². The van der Waals surface area contributed by atoms with Crippen LogP contribution in [0.4, 0.5) is 0 Å². The quantitative estimate of drug-likeness (QED) is 0.329. The van der Waals surface area contributed by atoms with Crippen LogP contribution in [0.15, 0.2) is 40.2 Å². The predicted octanol–water partition coefficient (Wildman–Crippen LogP) is 3.31. The smallest absolute Gasteiger partial charge is 0.191 e. The Kier molecular flexibility index (Phi) is 8.62. The number of hydrogen-bond donors (Lipinski definition) is 2. The van der Waals surface area contributed by atoms with Crippen LogP contribution in [0, 0.1) is 6.92 Å². The van der Waals surface area contributed by atoms with Crippen LogP contribution in [0.3, 0.4) is 0 Å². The molecule has 164 valence electrons. The van der Waals surface area contributed by atoms with Gasteiger partial charge in [-0.25, -0.2) is 8.42 Å². The van der Waals surface area contributed by atoms with Crippen LogP contribution in [0.5, 0.6) is 11.5 Å². The summed E-state index contributed by atoms with van der Waals surface area (Å²) in [6, 6.07) is 9.02. The van der Waals surface area contributed by atoms with Gasteiger partial charge in [0.2, 0.25) is 0 Å². The van der Waals surface area contributed by atoms with Crippen LogP contribution in [0.2, 0.25) is 5.02 Å². The third-order valence-corrected chi connectivity index (χ3v) is 5.98. The van der Waals surface area contributed by atoms with Crippen molar-refractivity contribution in [3.63, 3.8) is 0 Å². The lowest BCUT2D eigenvalue weighted by Crippen LogP contribution is -2.36. The minimum absolute atomic E-state index is 0. The molecule has 0 fully saturated rings. The fraction of sp³-hybridized carbons (Fsp3) is 0.350. The van der Waals surface area contributed by atoms with E-state index < -0.39 is 9.84 Å². The normalized spacial score (nSPS) is 13.4. The van der Waals surface area contributed by atoms with E-state index in [4.69, 9.17) is 21.1 Å². The Morgan fingerprint density at radius 2 is 1.77 bits per heavy atom. The van der Waals surface area contributed by atoms with Gasteiger partial charge in [-0.05, 0) is 41.8 Å². The highest BCUT2D eigenvalue weighted by molar-refractivity contribution is 14.0. The highest BCUT2D eigenvalue weighted by Crippen LogP contribution is 2.38. The van der Waals surface area contributed by atoms with Gasteiger partial charge in [0.25, 0.3) is 0 Å². The van der Waals surface area contributed by atoms with E-state index in [2.05, 4.69) is 15.6 Å². The van der Waals surface area contributed by atoms with Crippen molar-refractivity contribution in [2.75, 3.05) is 26.5 Å². The molecule has 2 N–H and O–H groups in total. The van der Waals surface area contributed by atoms with Crippen molar-refractivity contribution in [3.05, 3.63) is 52.0 Å². The number of sulfone groups is 1. The fourth-order valence-electron chi connectivity index (χ4n) is 3.10. The van der Waals surface area contributed by atoms with Gasteiger partial charge in [0.05, 0.1) is 9.92 Å². The van der Waals surface area contributed by atoms with Crippen LogP contribution < -0.4 is 20.1 Å². The zero-order valence-corrected chi connectivity index (χ0v) is 20.9. The first-order valence-corrected chi connectivity index (χ1v) is 11.4. The molecule has 0 aromatic heterocycles. The van der Waals surface area contributed by atoms with Crippen LogP contribution in [0.1, 0.15) is 16.7 Å². The van der Waals surface area contributed by atoms with E-state index in [0.29, 0.717) is 53.7 Å². The average molecular weight is 566 g/mol. The maximum Gasteiger partial charge on any atom is 0.191 e. The molecule has 7 nitrogen and oxygen atoms in total. The molecule has 2 aromatic carbocycles. The summed E-state index contributed by atoms with van der Waals surface area (Å²) in [6.45, 7) is 3.79. The molecule has 0 aliphatic carbocycles. The Morgan fingerprint density at radius 3 is 2.40 bits per heavy atom. The first-order chi connectivity index (χ1) is 13.8. The summed E-state index contributed by atoms with van der Waals surface area (Å²) in [4.78, 5) is 4.56. The second-order valence-electron chi connectivity index (χ2n) is 6.75. The largest absolute Gasteiger partial charge is 0.486 e. The van der Waals surface area contributed by atoms with Gasteiger partial charge in [0.1, 0.15) is 13.2 Å². The maximum atomic E-state index is 11.7. The number of aryl methyl sites for hydroxylation is 1. The molecular formula is C20H25ClIN3O4S. The number of fused-ring (bicyclic) bond motifs is 1. The van der Waals surface area contributed by atoms with Gasteiger partial charge >= 0.3 is 0 Å². The number of benzene rings is 2. The van der Waals surface area contributed by atoms with Crippen molar-refractivity contribution in [2.24, 2.45) is 4.99 Å². The second-order valence-corrected chi connectivity index (χ2v) is 9.14. The van der Waals surface area contributed by atoms with E-state index >= 15 is 0 Å². The minimum atomic E-state index is -3.22. The molecule has 10 heteroatoms. The Hall–Kier alpha value is -1.72. The van der Waals surface area contributed by atoms with Gasteiger partial charge in [0, 0.05) is 26.4 Å². The summed E-state index contributed by atoms with van der Waals surface area (Å²) in [5.41, 5.74) is 2.62. The van der Waals surface area contributed by atoms with Crippen LogP contribution >= 0.6 is 35.6 Å². The Labute approximate surface area is 199 Å². The molecule has 1 aliphatic heterocycles. The monoisotopic (exact) mass is 565 g/mol. The Bertz CT molecular complexity index is 1040. The summed E-state index contributed by atoms with van der Waals surface area (Å²) in [5, 5.41) is 6.96. The van der Waals surface area contributed by atoms with Crippen molar-refractivity contribution in [2.45, 2.75) is 24.9 Å².